The molecule has 2 unspecified atom stereocenters. The van der Waals surface area contributed by atoms with Gasteiger partial charge in [-0.25, -0.2) is 0 Å². The number of halogens is 3. The zero-order valence-electron chi connectivity index (χ0n) is 7.49. The molecule has 0 amide bonds. The summed E-state index contributed by atoms with van der Waals surface area (Å²) in [7, 11) is 0. The standard InChI is InChI=1S/C9H9Cl3O2S/c10-5-1-4(2-6(11)8(5)12)9(14)7(13)3-15/h1-2,7,9,13-15H,3H2. The van der Waals surface area contributed by atoms with Gasteiger partial charge in [-0.2, -0.15) is 12.6 Å². The molecule has 0 aliphatic heterocycles. The lowest BCUT2D eigenvalue weighted by Gasteiger charge is -2.17. The summed E-state index contributed by atoms with van der Waals surface area (Å²) in [6, 6.07) is 2.93. The maximum Gasteiger partial charge on any atom is 0.106 e. The second-order valence-electron chi connectivity index (χ2n) is 2.99. The van der Waals surface area contributed by atoms with Crippen molar-refractivity contribution in [2.24, 2.45) is 0 Å². The minimum atomic E-state index is -1.07. The van der Waals surface area contributed by atoms with E-state index in [1.807, 2.05) is 0 Å². The van der Waals surface area contributed by atoms with Crippen LogP contribution in [-0.4, -0.2) is 22.1 Å². The summed E-state index contributed by atoms with van der Waals surface area (Å²) in [6.07, 6.45) is -2.04. The maximum atomic E-state index is 9.67. The summed E-state index contributed by atoms with van der Waals surface area (Å²) in [5.74, 6) is 0.138. The summed E-state index contributed by atoms with van der Waals surface area (Å²) in [6.45, 7) is 0. The topological polar surface area (TPSA) is 40.5 Å². The highest BCUT2D eigenvalue weighted by Crippen LogP contribution is 2.33. The van der Waals surface area contributed by atoms with Crippen LogP contribution in [0.25, 0.3) is 0 Å². The highest BCUT2D eigenvalue weighted by atomic mass is 35.5. The van der Waals surface area contributed by atoms with Crippen LogP contribution in [0, 0.1) is 0 Å². The van der Waals surface area contributed by atoms with Crippen molar-refractivity contribution in [2.45, 2.75) is 12.2 Å². The summed E-state index contributed by atoms with van der Waals surface area (Å²) in [5.41, 5.74) is 0.413. The number of rotatable bonds is 3. The Morgan fingerprint density at radius 2 is 1.60 bits per heavy atom. The van der Waals surface area contributed by atoms with E-state index in [1.54, 1.807) is 0 Å². The van der Waals surface area contributed by atoms with Crippen molar-refractivity contribution in [3.05, 3.63) is 32.8 Å². The molecule has 0 spiro atoms. The van der Waals surface area contributed by atoms with Gasteiger partial charge in [-0.15, -0.1) is 0 Å². The number of aliphatic hydroxyl groups excluding tert-OH is 2. The predicted octanol–water partition coefficient (Wildman–Crippen LogP) is 2.97. The van der Waals surface area contributed by atoms with Crippen LogP contribution < -0.4 is 0 Å². The van der Waals surface area contributed by atoms with Gasteiger partial charge >= 0.3 is 0 Å². The first-order valence-corrected chi connectivity index (χ1v) is 5.85. The van der Waals surface area contributed by atoms with Crippen molar-refractivity contribution in [1.82, 2.24) is 0 Å². The monoisotopic (exact) mass is 286 g/mol. The third-order valence-corrected chi connectivity index (χ3v) is 3.47. The molecule has 0 aliphatic rings. The Bertz CT molecular complexity index is 336. The lowest BCUT2D eigenvalue weighted by Crippen LogP contribution is -2.19. The van der Waals surface area contributed by atoms with E-state index in [9.17, 15) is 10.2 Å². The van der Waals surface area contributed by atoms with Crippen molar-refractivity contribution < 1.29 is 10.2 Å². The molecule has 2 N–H and O–H groups in total. The Kier molecular flexibility index (Phi) is 5.03. The first-order chi connectivity index (χ1) is 6.97. The molecule has 0 aliphatic carbocycles. The summed E-state index contributed by atoms with van der Waals surface area (Å²) in [5, 5.41) is 19.8. The number of thiol groups is 1. The van der Waals surface area contributed by atoms with Crippen molar-refractivity contribution in [2.75, 3.05) is 5.75 Å². The van der Waals surface area contributed by atoms with Crippen LogP contribution in [0.3, 0.4) is 0 Å². The number of hydrogen-bond acceptors (Lipinski definition) is 3. The first-order valence-electron chi connectivity index (χ1n) is 4.08. The number of benzene rings is 1. The average Bonchev–Trinajstić information content (AvgIpc) is 2.23. The van der Waals surface area contributed by atoms with Gasteiger partial charge in [-0.1, -0.05) is 34.8 Å². The van der Waals surface area contributed by atoms with Crippen LogP contribution in [0.5, 0.6) is 0 Å². The Hall–Kier alpha value is 0.360. The number of hydrogen-bond donors (Lipinski definition) is 3. The van der Waals surface area contributed by atoms with E-state index in [4.69, 9.17) is 34.8 Å². The lowest BCUT2D eigenvalue weighted by molar-refractivity contribution is 0.0338. The Balaban J connectivity index is 3.06. The van der Waals surface area contributed by atoms with Crippen LogP contribution in [0.15, 0.2) is 12.1 Å². The molecule has 6 heteroatoms. The molecular formula is C9H9Cl3O2S. The molecule has 0 heterocycles. The molecule has 84 valence electrons. The van der Waals surface area contributed by atoms with E-state index in [2.05, 4.69) is 12.6 Å². The Morgan fingerprint density at radius 3 is 2.00 bits per heavy atom. The van der Waals surface area contributed by atoms with E-state index >= 15 is 0 Å². The quantitative estimate of drug-likeness (QED) is 0.591. The smallest absolute Gasteiger partial charge is 0.106 e. The van der Waals surface area contributed by atoms with Crippen molar-refractivity contribution in [3.8, 4) is 0 Å². The molecule has 1 aromatic carbocycles. The van der Waals surface area contributed by atoms with Gasteiger partial charge in [-0.3, -0.25) is 0 Å². The van der Waals surface area contributed by atoms with Crippen LogP contribution in [-0.2, 0) is 0 Å². The zero-order valence-corrected chi connectivity index (χ0v) is 10.7. The number of aliphatic hydroxyl groups is 2. The van der Waals surface area contributed by atoms with E-state index in [-0.39, 0.29) is 20.8 Å². The minimum absolute atomic E-state index is 0.138. The van der Waals surface area contributed by atoms with E-state index in [1.165, 1.54) is 12.1 Å². The third kappa shape index (κ3) is 3.16. The predicted molar refractivity (Wildman–Crippen MR) is 66.3 cm³/mol. The van der Waals surface area contributed by atoms with E-state index in [0.717, 1.165) is 0 Å². The normalized spacial score (nSPS) is 15.1. The van der Waals surface area contributed by atoms with Crippen LogP contribution in [0.1, 0.15) is 11.7 Å². The Morgan fingerprint density at radius 1 is 1.13 bits per heavy atom. The van der Waals surface area contributed by atoms with Crippen LogP contribution >= 0.6 is 47.4 Å². The second-order valence-corrected chi connectivity index (χ2v) is 4.55. The zero-order chi connectivity index (χ0) is 11.6. The van der Waals surface area contributed by atoms with Gasteiger partial charge in [0.2, 0.25) is 0 Å². The molecule has 0 bridgehead atoms. The van der Waals surface area contributed by atoms with Crippen molar-refractivity contribution >= 4 is 47.4 Å². The van der Waals surface area contributed by atoms with Gasteiger partial charge in [0.1, 0.15) is 6.10 Å². The van der Waals surface area contributed by atoms with Gasteiger partial charge in [0.05, 0.1) is 21.2 Å². The molecule has 2 nitrogen and oxygen atoms in total. The maximum absolute atomic E-state index is 9.67. The molecule has 1 rings (SSSR count). The average molecular weight is 288 g/mol. The SMILES string of the molecule is OC(CS)C(O)c1cc(Cl)c(Cl)c(Cl)c1. The molecule has 2 atom stereocenters. The fourth-order valence-electron chi connectivity index (χ4n) is 1.07. The fraction of sp³-hybridized carbons (Fsp3) is 0.333. The van der Waals surface area contributed by atoms with Gasteiger partial charge in [-0.05, 0) is 17.7 Å². The van der Waals surface area contributed by atoms with Crippen molar-refractivity contribution in [1.29, 1.82) is 0 Å². The molecular weight excluding hydrogens is 279 g/mol. The first kappa shape index (κ1) is 13.4. The van der Waals surface area contributed by atoms with E-state index in [0.29, 0.717) is 5.56 Å². The largest absolute Gasteiger partial charge is 0.389 e. The summed E-state index contributed by atoms with van der Waals surface area (Å²) < 4.78 is 0. The molecule has 0 fully saturated rings. The van der Waals surface area contributed by atoms with Crippen molar-refractivity contribution in [3.63, 3.8) is 0 Å². The van der Waals surface area contributed by atoms with Crippen LogP contribution in [0.4, 0.5) is 0 Å². The highest BCUT2D eigenvalue weighted by molar-refractivity contribution is 7.80. The Labute approximate surface area is 108 Å². The molecule has 0 aromatic heterocycles. The van der Waals surface area contributed by atoms with Gasteiger partial charge in [0.25, 0.3) is 0 Å². The highest BCUT2D eigenvalue weighted by Gasteiger charge is 2.19. The molecule has 0 saturated heterocycles. The molecule has 0 radical (unpaired) electrons. The fourth-order valence-corrected chi connectivity index (χ4v) is 1.88. The third-order valence-electron chi connectivity index (χ3n) is 1.90. The minimum Gasteiger partial charge on any atom is -0.389 e. The summed E-state index contributed by atoms with van der Waals surface area (Å²) >= 11 is 21.2. The molecule has 1 aromatic rings. The summed E-state index contributed by atoms with van der Waals surface area (Å²) in [4.78, 5) is 0. The van der Waals surface area contributed by atoms with Gasteiger partial charge in [0, 0.05) is 5.75 Å². The van der Waals surface area contributed by atoms with Crippen LogP contribution in [0.2, 0.25) is 15.1 Å². The van der Waals surface area contributed by atoms with E-state index < -0.39 is 12.2 Å². The molecule has 15 heavy (non-hydrogen) atoms. The molecule has 0 saturated carbocycles. The lowest BCUT2D eigenvalue weighted by atomic mass is 10.1. The van der Waals surface area contributed by atoms with Gasteiger partial charge < -0.3 is 10.2 Å². The van der Waals surface area contributed by atoms with Gasteiger partial charge in [0.15, 0.2) is 0 Å². The second kappa shape index (κ2) is 5.62.